The van der Waals surface area contributed by atoms with Crippen LogP contribution in [0.25, 0.3) is 0 Å². The number of nitrogens with zero attached hydrogens (tertiary/aromatic N) is 1. The van der Waals surface area contributed by atoms with E-state index >= 15 is 0 Å². The molecule has 0 aliphatic rings. The van der Waals surface area contributed by atoms with Gasteiger partial charge in [0.15, 0.2) is 0 Å². The molecule has 23 heavy (non-hydrogen) atoms. The van der Waals surface area contributed by atoms with Gasteiger partial charge in [0, 0.05) is 12.6 Å². The fourth-order valence-corrected chi connectivity index (χ4v) is 3.65. The Morgan fingerprint density at radius 1 is 1.13 bits per heavy atom. The molecule has 0 saturated heterocycles. The number of amides is 1. The second kappa shape index (κ2) is 8.45. The summed E-state index contributed by atoms with van der Waals surface area (Å²) >= 11 is 0. The van der Waals surface area contributed by atoms with Gasteiger partial charge in [-0.05, 0) is 43.9 Å². The van der Waals surface area contributed by atoms with Crippen molar-refractivity contribution >= 4 is 15.9 Å². The Morgan fingerprint density at radius 2 is 1.70 bits per heavy atom. The maximum atomic E-state index is 12.7. The number of sulfonamides is 1. The molecule has 1 atom stereocenters. The third-order valence-corrected chi connectivity index (χ3v) is 5.76. The van der Waals surface area contributed by atoms with Crippen LogP contribution in [0.5, 0.6) is 0 Å². The number of likely N-dealkylation sites (N-methyl/N-ethyl adjacent to an activating group) is 1. The van der Waals surface area contributed by atoms with E-state index in [1.807, 2.05) is 26.0 Å². The van der Waals surface area contributed by atoms with E-state index in [-0.39, 0.29) is 29.9 Å². The normalized spacial score (nSPS) is 13.3. The molecule has 0 aliphatic heterocycles. The van der Waals surface area contributed by atoms with E-state index < -0.39 is 10.0 Å². The van der Waals surface area contributed by atoms with Crippen LogP contribution in [0.4, 0.5) is 0 Å². The Balaban J connectivity index is 2.96. The molecule has 1 aromatic rings. The maximum absolute atomic E-state index is 12.7. The van der Waals surface area contributed by atoms with Gasteiger partial charge in [-0.2, -0.15) is 4.31 Å². The number of hydrogen-bond acceptors (Lipinski definition) is 3. The first-order chi connectivity index (χ1) is 10.7. The Bertz CT molecular complexity index is 609. The lowest BCUT2D eigenvalue weighted by atomic mass is 9.99. The predicted molar refractivity (Wildman–Crippen MR) is 92.9 cm³/mol. The first-order valence-electron chi connectivity index (χ1n) is 8.11. The van der Waals surface area contributed by atoms with Crippen LogP contribution in [0.15, 0.2) is 29.2 Å². The quantitative estimate of drug-likeness (QED) is 0.791. The number of benzene rings is 1. The van der Waals surface area contributed by atoms with Crippen molar-refractivity contribution in [1.82, 2.24) is 9.62 Å². The number of carbonyl (C=O) groups is 1. The first kappa shape index (κ1) is 19.6. The Labute approximate surface area is 140 Å². The predicted octanol–water partition coefficient (Wildman–Crippen LogP) is 2.74. The monoisotopic (exact) mass is 340 g/mol. The Kier molecular flexibility index (Phi) is 7.22. The summed E-state index contributed by atoms with van der Waals surface area (Å²) in [7, 11) is -3.66. The lowest BCUT2D eigenvalue weighted by Gasteiger charge is -2.21. The van der Waals surface area contributed by atoms with Gasteiger partial charge in [-0.1, -0.05) is 32.9 Å². The molecule has 0 fully saturated rings. The minimum Gasteiger partial charge on any atom is -0.353 e. The van der Waals surface area contributed by atoms with Crippen LogP contribution >= 0.6 is 0 Å². The molecule has 0 bridgehead atoms. The zero-order chi connectivity index (χ0) is 17.6. The molecule has 0 spiro atoms. The molecule has 0 saturated carbocycles. The molecule has 1 aromatic carbocycles. The van der Waals surface area contributed by atoms with E-state index in [9.17, 15) is 13.2 Å². The van der Waals surface area contributed by atoms with Crippen LogP contribution in [-0.4, -0.2) is 37.8 Å². The molecule has 5 nitrogen and oxygen atoms in total. The third-order valence-electron chi connectivity index (χ3n) is 3.82. The molecule has 1 N–H and O–H groups in total. The van der Waals surface area contributed by atoms with Crippen molar-refractivity contribution in [2.75, 3.05) is 13.1 Å². The van der Waals surface area contributed by atoms with Gasteiger partial charge in [0.1, 0.15) is 0 Å². The average Bonchev–Trinajstić information content (AvgIpc) is 2.51. The van der Waals surface area contributed by atoms with Crippen LogP contribution in [0.3, 0.4) is 0 Å². The molecular weight excluding hydrogens is 312 g/mol. The van der Waals surface area contributed by atoms with Gasteiger partial charge in [-0.3, -0.25) is 4.79 Å². The van der Waals surface area contributed by atoms with Crippen LogP contribution < -0.4 is 5.32 Å². The van der Waals surface area contributed by atoms with E-state index in [1.54, 1.807) is 19.1 Å². The minimum absolute atomic E-state index is 0.0151. The van der Waals surface area contributed by atoms with Crippen molar-refractivity contribution in [3.05, 3.63) is 29.8 Å². The second-order valence-corrected chi connectivity index (χ2v) is 7.97. The lowest BCUT2D eigenvalue weighted by Crippen LogP contribution is -2.42. The van der Waals surface area contributed by atoms with Crippen LogP contribution in [0, 0.1) is 0 Å². The van der Waals surface area contributed by atoms with Gasteiger partial charge in [0.25, 0.3) is 0 Å². The topological polar surface area (TPSA) is 66.5 Å². The highest BCUT2D eigenvalue weighted by molar-refractivity contribution is 7.89. The summed E-state index contributed by atoms with van der Waals surface area (Å²) in [6, 6.07) is 6.94. The van der Waals surface area contributed by atoms with Gasteiger partial charge in [0.05, 0.1) is 11.4 Å². The summed E-state index contributed by atoms with van der Waals surface area (Å²) in [4.78, 5) is 12.1. The molecule has 130 valence electrons. The average molecular weight is 340 g/mol. The smallest absolute Gasteiger partial charge is 0.243 e. The Morgan fingerprint density at radius 3 is 2.13 bits per heavy atom. The largest absolute Gasteiger partial charge is 0.353 e. The van der Waals surface area contributed by atoms with Crippen LogP contribution in [0.2, 0.25) is 0 Å². The first-order valence-corrected chi connectivity index (χ1v) is 9.55. The van der Waals surface area contributed by atoms with E-state index in [0.717, 1.165) is 12.0 Å². The third kappa shape index (κ3) is 5.32. The molecule has 1 amide bonds. The number of nitrogens with one attached hydrogen (secondary N) is 1. The molecule has 0 aliphatic carbocycles. The standard InChI is InChI=1S/C17H28N2O3S/c1-6-14(5)15-8-10-16(11-9-15)23(21,22)19(7-2)12-17(20)18-13(3)4/h8-11,13-14H,6-7,12H2,1-5H3,(H,18,20)/t14-/m1/s1. The minimum atomic E-state index is -3.66. The van der Waals surface area contributed by atoms with E-state index in [2.05, 4.69) is 19.2 Å². The molecule has 0 aromatic heterocycles. The molecule has 0 unspecified atom stereocenters. The number of rotatable bonds is 8. The van der Waals surface area contributed by atoms with Crippen molar-refractivity contribution in [2.45, 2.75) is 57.9 Å². The molecule has 0 heterocycles. The van der Waals surface area contributed by atoms with Crippen molar-refractivity contribution in [2.24, 2.45) is 0 Å². The highest BCUT2D eigenvalue weighted by Crippen LogP contribution is 2.22. The van der Waals surface area contributed by atoms with E-state index in [0.29, 0.717) is 5.92 Å². The number of hydrogen-bond donors (Lipinski definition) is 1. The van der Waals surface area contributed by atoms with Gasteiger partial charge < -0.3 is 5.32 Å². The molecular formula is C17H28N2O3S. The summed E-state index contributed by atoms with van der Waals surface area (Å²) in [5.41, 5.74) is 1.12. The van der Waals surface area contributed by atoms with Gasteiger partial charge >= 0.3 is 0 Å². The van der Waals surface area contributed by atoms with Crippen molar-refractivity contribution < 1.29 is 13.2 Å². The van der Waals surface area contributed by atoms with Crippen molar-refractivity contribution in [1.29, 1.82) is 0 Å². The maximum Gasteiger partial charge on any atom is 0.243 e. The zero-order valence-electron chi connectivity index (χ0n) is 14.7. The molecule has 0 radical (unpaired) electrons. The van der Waals surface area contributed by atoms with Gasteiger partial charge in [0.2, 0.25) is 15.9 Å². The zero-order valence-corrected chi connectivity index (χ0v) is 15.5. The van der Waals surface area contributed by atoms with E-state index in [1.165, 1.54) is 4.31 Å². The summed E-state index contributed by atoms with van der Waals surface area (Å²) in [5, 5.41) is 2.72. The van der Waals surface area contributed by atoms with Crippen LogP contribution in [0.1, 0.15) is 52.5 Å². The van der Waals surface area contributed by atoms with Gasteiger partial charge in [-0.15, -0.1) is 0 Å². The molecule has 6 heteroatoms. The van der Waals surface area contributed by atoms with Gasteiger partial charge in [-0.25, -0.2) is 8.42 Å². The summed E-state index contributed by atoms with van der Waals surface area (Å²) in [6.07, 6.45) is 1.00. The summed E-state index contributed by atoms with van der Waals surface area (Å²) in [5.74, 6) is 0.104. The second-order valence-electron chi connectivity index (χ2n) is 6.03. The fraction of sp³-hybridized carbons (Fsp3) is 0.588. The lowest BCUT2D eigenvalue weighted by molar-refractivity contribution is -0.121. The highest BCUT2D eigenvalue weighted by atomic mass is 32.2. The summed E-state index contributed by atoms with van der Waals surface area (Å²) < 4.78 is 26.6. The number of carbonyl (C=O) groups excluding carboxylic acids is 1. The van der Waals surface area contributed by atoms with Crippen LogP contribution in [-0.2, 0) is 14.8 Å². The fourth-order valence-electron chi connectivity index (χ4n) is 2.25. The van der Waals surface area contributed by atoms with Crippen molar-refractivity contribution in [3.63, 3.8) is 0 Å². The van der Waals surface area contributed by atoms with Crippen molar-refractivity contribution in [3.8, 4) is 0 Å². The Hall–Kier alpha value is -1.40. The SMILES string of the molecule is CC[C@@H](C)c1ccc(S(=O)(=O)N(CC)CC(=O)NC(C)C)cc1. The highest BCUT2D eigenvalue weighted by Gasteiger charge is 2.25. The molecule has 1 rings (SSSR count). The summed E-state index contributed by atoms with van der Waals surface area (Å²) in [6.45, 7) is 9.71. The van der Waals surface area contributed by atoms with E-state index in [4.69, 9.17) is 0 Å².